The smallest absolute Gasteiger partial charge is 0.0349 e. The first-order chi connectivity index (χ1) is 8.52. The molecule has 1 aliphatic rings. The van der Waals surface area contributed by atoms with Gasteiger partial charge in [0.2, 0.25) is 0 Å². The quantitative estimate of drug-likeness (QED) is 0.826. The first-order valence-corrected chi connectivity index (χ1v) is 8.09. The van der Waals surface area contributed by atoms with E-state index in [1.165, 1.54) is 24.0 Å². The van der Waals surface area contributed by atoms with Gasteiger partial charge in [-0.15, -0.1) is 0 Å². The molecule has 18 heavy (non-hydrogen) atoms. The second-order valence-corrected chi connectivity index (χ2v) is 7.58. The first-order valence-electron chi connectivity index (χ1n) is 6.87. The van der Waals surface area contributed by atoms with Crippen molar-refractivity contribution >= 4 is 11.8 Å². The van der Waals surface area contributed by atoms with Gasteiger partial charge in [-0.1, -0.05) is 29.8 Å². The molecule has 0 radical (unpaired) electrons. The summed E-state index contributed by atoms with van der Waals surface area (Å²) in [5.41, 5.74) is 2.80. The van der Waals surface area contributed by atoms with Crippen molar-refractivity contribution in [2.45, 2.75) is 44.4 Å². The topological polar surface area (TPSA) is 12.0 Å². The van der Waals surface area contributed by atoms with Crippen LogP contribution in [-0.4, -0.2) is 17.5 Å². The summed E-state index contributed by atoms with van der Waals surface area (Å²) in [5, 5.41) is 3.79. The minimum Gasteiger partial charge on any atom is -0.308 e. The predicted molar refractivity (Wildman–Crippen MR) is 82.2 cm³/mol. The third-order valence-corrected chi connectivity index (χ3v) is 5.08. The zero-order valence-corrected chi connectivity index (χ0v) is 12.8. The standard InChI is InChI=1S/C16H25NS/c1-12-5-7-13(8-6-12)15(14-9-10-14)17-11-16(2,3)18-4/h5-8,14-15,17H,9-11H2,1-4H3. The molecule has 0 bridgehead atoms. The van der Waals surface area contributed by atoms with E-state index in [1.807, 2.05) is 11.8 Å². The molecule has 2 rings (SSSR count). The van der Waals surface area contributed by atoms with E-state index in [9.17, 15) is 0 Å². The second-order valence-electron chi connectivity index (χ2n) is 6.07. The molecule has 1 unspecified atom stereocenters. The average molecular weight is 263 g/mol. The Morgan fingerprint density at radius 2 is 1.89 bits per heavy atom. The highest BCUT2D eigenvalue weighted by Crippen LogP contribution is 2.41. The van der Waals surface area contributed by atoms with Gasteiger partial charge < -0.3 is 5.32 Å². The fraction of sp³-hybridized carbons (Fsp3) is 0.625. The number of benzene rings is 1. The third-order valence-electron chi connectivity index (χ3n) is 3.83. The number of aryl methyl sites for hydroxylation is 1. The zero-order chi connectivity index (χ0) is 13.2. The molecular weight excluding hydrogens is 238 g/mol. The van der Waals surface area contributed by atoms with Crippen molar-refractivity contribution in [3.63, 3.8) is 0 Å². The molecule has 0 heterocycles. The monoisotopic (exact) mass is 263 g/mol. The van der Waals surface area contributed by atoms with Gasteiger partial charge in [-0.2, -0.15) is 11.8 Å². The summed E-state index contributed by atoms with van der Waals surface area (Å²) in [6.45, 7) is 7.84. The van der Waals surface area contributed by atoms with Crippen molar-refractivity contribution in [1.29, 1.82) is 0 Å². The van der Waals surface area contributed by atoms with E-state index in [2.05, 4.69) is 56.6 Å². The maximum Gasteiger partial charge on any atom is 0.0349 e. The molecule has 0 spiro atoms. The van der Waals surface area contributed by atoms with E-state index in [0.29, 0.717) is 10.8 Å². The lowest BCUT2D eigenvalue weighted by molar-refractivity contribution is 0.455. The molecule has 2 heteroatoms. The van der Waals surface area contributed by atoms with Crippen LogP contribution >= 0.6 is 11.8 Å². The summed E-state index contributed by atoms with van der Waals surface area (Å²) in [6, 6.07) is 9.59. The van der Waals surface area contributed by atoms with Crippen molar-refractivity contribution in [2.24, 2.45) is 5.92 Å². The van der Waals surface area contributed by atoms with Crippen LogP contribution < -0.4 is 5.32 Å². The Balaban J connectivity index is 2.02. The lowest BCUT2D eigenvalue weighted by Gasteiger charge is -2.27. The van der Waals surface area contributed by atoms with E-state index in [-0.39, 0.29) is 0 Å². The number of hydrogen-bond donors (Lipinski definition) is 1. The Bertz CT molecular complexity index is 379. The van der Waals surface area contributed by atoms with Crippen molar-refractivity contribution in [3.8, 4) is 0 Å². The molecule has 100 valence electrons. The Morgan fingerprint density at radius 1 is 1.28 bits per heavy atom. The number of hydrogen-bond acceptors (Lipinski definition) is 2. The van der Waals surface area contributed by atoms with Crippen molar-refractivity contribution in [2.75, 3.05) is 12.8 Å². The van der Waals surface area contributed by atoms with E-state index >= 15 is 0 Å². The second kappa shape index (κ2) is 5.66. The molecule has 1 aliphatic carbocycles. The average Bonchev–Trinajstić information content (AvgIpc) is 3.16. The van der Waals surface area contributed by atoms with Gasteiger partial charge in [0.05, 0.1) is 0 Å². The zero-order valence-electron chi connectivity index (χ0n) is 12.0. The molecule has 0 aromatic heterocycles. The molecule has 0 saturated heterocycles. The molecule has 0 aliphatic heterocycles. The highest BCUT2D eigenvalue weighted by molar-refractivity contribution is 7.99. The predicted octanol–water partition coefficient (Wildman–Crippen LogP) is 4.18. The Morgan fingerprint density at radius 3 is 2.39 bits per heavy atom. The highest BCUT2D eigenvalue weighted by atomic mass is 32.2. The summed E-state index contributed by atoms with van der Waals surface area (Å²) in [7, 11) is 0. The summed E-state index contributed by atoms with van der Waals surface area (Å²) in [6.07, 6.45) is 4.95. The fourth-order valence-corrected chi connectivity index (χ4v) is 2.42. The molecular formula is C16H25NS. The number of thioether (sulfide) groups is 1. The molecule has 1 aromatic carbocycles. The van der Waals surface area contributed by atoms with Crippen molar-refractivity contribution in [1.82, 2.24) is 5.32 Å². The van der Waals surface area contributed by atoms with Crippen molar-refractivity contribution < 1.29 is 0 Å². The van der Waals surface area contributed by atoms with Crippen LogP contribution in [0.5, 0.6) is 0 Å². The summed E-state index contributed by atoms with van der Waals surface area (Å²) < 4.78 is 0.317. The molecule has 1 atom stereocenters. The van der Waals surface area contributed by atoms with Gasteiger partial charge in [-0.05, 0) is 51.3 Å². The van der Waals surface area contributed by atoms with Gasteiger partial charge in [0.25, 0.3) is 0 Å². The van der Waals surface area contributed by atoms with Crippen LogP contribution in [0.2, 0.25) is 0 Å². The Labute approximate surface area is 116 Å². The van der Waals surface area contributed by atoms with Crippen LogP contribution in [0.15, 0.2) is 24.3 Å². The minimum atomic E-state index is 0.317. The lowest BCUT2D eigenvalue weighted by atomic mass is 10.0. The molecule has 0 amide bonds. The van der Waals surface area contributed by atoms with Gasteiger partial charge >= 0.3 is 0 Å². The van der Waals surface area contributed by atoms with E-state index in [1.54, 1.807) is 0 Å². The van der Waals surface area contributed by atoms with Crippen molar-refractivity contribution in [3.05, 3.63) is 35.4 Å². The fourth-order valence-electron chi connectivity index (χ4n) is 2.19. The summed E-state index contributed by atoms with van der Waals surface area (Å²) >= 11 is 1.94. The highest BCUT2D eigenvalue weighted by Gasteiger charge is 2.33. The maximum absolute atomic E-state index is 3.79. The first kappa shape index (κ1) is 14.0. The van der Waals surface area contributed by atoms with Gasteiger partial charge in [0.1, 0.15) is 0 Å². The largest absolute Gasteiger partial charge is 0.308 e. The molecule has 1 N–H and O–H groups in total. The van der Waals surface area contributed by atoms with Crippen LogP contribution in [0.1, 0.15) is 43.9 Å². The number of rotatable bonds is 6. The van der Waals surface area contributed by atoms with E-state index < -0.39 is 0 Å². The van der Waals surface area contributed by atoms with Crippen LogP contribution in [0.3, 0.4) is 0 Å². The third kappa shape index (κ3) is 3.76. The van der Waals surface area contributed by atoms with Crippen LogP contribution in [-0.2, 0) is 0 Å². The molecule has 1 nitrogen and oxygen atoms in total. The molecule has 1 aromatic rings. The summed E-state index contributed by atoms with van der Waals surface area (Å²) in [4.78, 5) is 0. The maximum atomic E-state index is 3.79. The van der Waals surface area contributed by atoms with Crippen LogP contribution in [0.4, 0.5) is 0 Å². The minimum absolute atomic E-state index is 0.317. The number of nitrogens with one attached hydrogen (secondary N) is 1. The van der Waals surface area contributed by atoms with E-state index in [0.717, 1.165) is 12.5 Å². The van der Waals surface area contributed by atoms with E-state index in [4.69, 9.17) is 0 Å². The van der Waals surface area contributed by atoms with Gasteiger partial charge in [-0.3, -0.25) is 0 Å². The van der Waals surface area contributed by atoms with Crippen LogP contribution in [0, 0.1) is 12.8 Å². The van der Waals surface area contributed by atoms with Crippen LogP contribution in [0.25, 0.3) is 0 Å². The SMILES string of the molecule is CSC(C)(C)CNC(c1ccc(C)cc1)C1CC1. The Kier molecular flexibility index (Phi) is 4.39. The normalized spacial score (nSPS) is 17.8. The van der Waals surface area contributed by atoms with Gasteiger partial charge in [0, 0.05) is 17.3 Å². The molecule has 1 fully saturated rings. The van der Waals surface area contributed by atoms with Gasteiger partial charge in [0.15, 0.2) is 0 Å². The lowest BCUT2D eigenvalue weighted by Crippen LogP contribution is -2.35. The molecule has 1 saturated carbocycles. The summed E-state index contributed by atoms with van der Waals surface area (Å²) in [5.74, 6) is 0.852. The van der Waals surface area contributed by atoms with Gasteiger partial charge in [-0.25, -0.2) is 0 Å². The Hall–Kier alpha value is -0.470.